The van der Waals surface area contributed by atoms with Gasteiger partial charge in [0.2, 0.25) is 11.8 Å². The molecule has 1 atom stereocenters. The van der Waals surface area contributed by atoms with Crippen molar-refractivity contribution in [1.82, 2.24) is 10.2 Å². The lowest BCUT2D eigenvalue weighted by molar-refractivity contribution is -0.141. The van der Waals surface area contributed by atoms with Gasteiger partial charge >= 0.3 is 0 Å². The van der Waals surface area contributed by atoms with Crippen LogP contribution in [-0.2, 0) is 16.1 Å². The largest absolute Gasteiger partial charge is 0.354 e. The van der Waals surface area contributed by atoms with Gasteiger partial charge in [-0.15, -0.1) is 11.8 Å². The third-order valence-electron chi connectivity index (χ3n) is 4.82. The summed E-state index contributed by atoms with van der Waals surface area (Å²) in [5.41, 5.74) is 0.954. The van der Waals surface area contributed by atoms with Crippen molar-refractivity contribution in [3.05, 3.63) is 64.1 Å². The molecule has 0 spiro atoms. The lowest BCUT2D eigenvalue weighted by Crippen LogP contribution is -2.49. The van der Waals surface area contributed by atoms with Crippen molar-refractivity contribution in [1.29, 1.82) is 0 Å². The van der Waals surface area contributed by atoms with Gasteiger partial charge in [-0.3, -0.25) is 9.59 Å². The second kappa shape index (κ2) is 13.7. The van der Waals surface area contributed by atoms with Crippen LogP contribution < -0.4 is 5.32 Å². The van der Waals surface area contributed by atoms with E-state index in [1.165, 1.54) is 0 Å². The van der Waals surface area contributed by atoms with E-state index in [-0.39, 0.29) is 11.8 Å². The summed E-state index contributed by atoms with van der Waals surface area (Å²) in [5.74, 6) is 0.716. The SMILES string of the molecule is CCCNC(=O)[C@@H](CC)N(Cc1ccc(Cl)cc1)C(=O)CCCSc1ccc(Cl)cc1. The molecule has 2 amide bonds. The van der Waals surface area contributed by atoms with Gasteiger partial charge in [0.15, 0.2) is 0 Å². The van der Waals surface area contributed by atoms with E-state index in [1.54, 1.807) is 28.8 Å². The molecule has 31 heavy (non-hydrogen) atoms. The summed E-state index contributed by atoms with van der Waals surface area (Å²) in [6, 6.07) is 14.6. The molecule has 0 radical (unpaired) electrons. The summed E-state index contributed by atoms with van der Waals surface area (Å²) in [6.07, 6.45) is 2.55. The molecule has 2 aromatic rings. The maximum atomic E-state index is 13.1. The van der Waals surface area contributed by atoms with E-state index in [0.717, 1.165) is 29.1 Å². The van der Waals surface area contributed by atoms with Gasteiger partial charge in [0.05, 0.1) is 0 Å². The second-order valence-corrected chi connectivity index (χ2v) is 9.31. The van der Waals surface area contributed by atoms with Crippen LogP contribution in [-0.4, -0.2) is 35.1 Å². The number of nitrogens with one attached hydrogen (secondary N) is 1. The molecule has 0 bridgehead atoms. The van der Waals surface area contributed by atoms with Crippen LogP contribution in [0.2, 0.25) is 10.0 Å². The average molecular weight is 481 g/mol. The first-order chi connectivity index (χ1) is 14.9. The molecule has 0 aliphatic heterocycles. The van der Waals surface area contributed by atoms with Crippen molar-refractivity contribution >= 4 is 46.8 Å². The number of halogens is 2. The van der Waals surface area contributed by atoms with Crippen LogP contribution in [0, 0.1) is 0 Å². The molecule has 7 heteroatoms. The number of carbonyl (C=O) groups excluding carboxylic acids is 2. The molecule has 168 valence electrons. The van der Waals surface area contributed by atoms with Crippen molar-refractivity contribution in [3.63, 3.8) is 0 Å². The Hall–Kier alpha value is -1.69. The van der Waals surface area contributed by atoms with Gasteiger partial charge in [0.25, 0.3) is 0 Å². The molecule has 0 unspecified atom stereocenters. The topological polar surface area (TPSA) is 49.4 Å². The van der Waals surface area contributed by atoms with Crippen molar-refractivity contribution in [2.24, 2.45) is 0 Å². The molecule has 2 rings (SSSR count). The Balaban J connectivity index is 2.02. The predicted octanol–water partition coefficient (Wildman–Crippen LogP) is 6.20. The van der Waals surface area contributed by atoms with Gasteiger partial charge in [-0.2, -0.15) is 0 Å². The normalized spacial score (nSPS) is 11.7. The summed E-state index contributed by atoms with van der Waals surface area (Å²) < 4.78 is 0. The van der Waals surface area contributed by atoms with Crippen LogP contribution in [0.15, 0.2) is 53.4 Å². The van der Waals surface area contributed by atoms with E-state index in [0.29, 0.717) is 36.0 Å². The maximum absolute atomic E-state index is 13.1. The molecule has 0 aliphatic carbocycles. The highest BCUT2D eigenvalue weighted by Gasteiger charge is 2.28. The molecule has 0 aliphatic rings. The van der Waals surface area contributed by atoms with E-state index in [4.69, 9.17) is 23.2 Å². The third kappa shape index (κ3) is 8.76. The van der Waals surface area contributed by atoms with E-state index in [9.17, 15) is 9.59 Å². The predicted molar refractivity (Wildman–Crippen MR) is 131 cm³/mol. The molecule has 0 saturated carbocycles. The Bertz CT molecular complexity index is 828. The molecule has 0 fully saturated rings. The van der Waals surface area contributed by atoms with Crippen molar-refractivity contribution in [2.75, 3.05) is 12.3 Å². The van der Waals surface area contributed by atoms with Gasteiger partial charge in [-0.25, -0.2) is 0 Å². The van der Waals surface area contributed by atoms with Gasteiger partial charge in [-0.05, 0) is 67.0 Å². The lowest BCUT2D eigenvalue weighted by atomic mass is 10.1. The van der Waals surface area contributed by atoms with Gasteiger partial charge in [0, 0.05) is 34.5 Å². The Labute approximate surface area is 199 Å². The monoisotopic (exact) mass is 480 g/mol. The maximum Gasteiger partial charge on any atom is 0.242 e. The fraction of sp³-hybridized carbons (Fsp3) is 0.417. The molecule has 1 N–H and O–H groups in total. The number of hydrogen-bond donors (Lipinski definition) is 1. The molecule has 0 heterocycles. The number of hydrogen-bond acceptors (Lipinski definition) is 3. The summed E-state index contributed by atoms with van der Waals surface area (Å²) in [7, 11) is 0. The minimum Gasteiger partial charge on any atom is -0.354 e. The zero-order valence-corrected chi connectivity index (χ0v) is 20.4. The first-order valence-electron chi connectivity index (χ1n) is 10.6. The second-order valence-electron chi connectivity index (χ2n) is 7.27. The van der Waals surface area contributed by atoms with Crippen LogP contribution in [0.4, 0.5) is 0 Å². The fourth-order valence-corrected chi connectivity index (χ4v) is 4.26. The van der Waals surface area contributed by atoms with E-state index >= 15 is 0 Å². The zero-order valence-electron chi connectivity index (χ0n) is 18.1. The van der Waals surface area contributed by atoms with E-state index in [2.05, 4.69) is 5.32 Å². The smallest absolute Gasteiger partial charge is 0.242 e. The van der Waals surface area contributed by atoms with Crippen molar-refractivity contribution < 1.29 is 9.59 Å². The van der Waals surface area contributed by atoms with Crippen LogP contribution in [0.1, 0.15) is 45.1 Å². The number of amides is 2. The quantitative estimate of drug-likeness (QED) is 0.290. The highest BCUT2D eigenvalue weighted by atomic mass is 35.5. The molecule has 0 aromatic heterocycles. The number of nitrogens with zero attached hydrogens (tertiary/aromatic N) is 1. The van der Waals surface area contributed by atoms with Crippen molar-refractivity contribution in [2.45, 2.75) is 57.0 Å². The molecular weight excluding hydrogens is 451 g/mol. The van der Waals surface area contributed by atoms with Crippen LogP contribution in [0.3, 0.4) is 0 Å². The summed E-state index contributed by atoms with van der Waals surface area (Å²) >= 11 is 13.6. The van der Waals surface area contributed by atoms with Crippen LogP contribution in [0.25, 0.3) is 0 Å². The van der Waals surface area contributed by atoms with Crippen LogP contribution in [0.5, 0.6) is 0 Å². The Morgan fingerprint density at radius 3 is 2.19 bits per heavy atom. The lowest BCUT2D eigenvalue weighted by Gasteiger charge is -2.30. The Morgan fingerprint density at radius 2 is 1.61 bits per heavy atom. The first kappa shape index (κ1) is 25.6. The number of benzene rings is 2. The Morgan fingerprint density at radius 1 is 1.00 bits per heavy atom. The minimum absolute atomic E-state index is 0.00912. The number of thioether (sulfide) groups is 1. The van der Waals surface area contributed by atoms with Crippen LogP contribution >= 0.6 is 35.0 Å². The van der Waals surface area contributed by atoms with Gasteiger partial charge in [-0.1, -0.05) is 49.2 Å². The zero-order chi connectivity index (χ0) is 22.6. The third-order valence-corrected chi connectivity index (χ3v) is 6.42. The summed E-state index contributed by atoms with van der Waals surface area (Å²) in [6.45, 7) is 4.94. The molecule has 2 aromatic carbocycles. The average Bonchev–Trinajstić information content (AvgIpc) is 2.77. The highest BCUT2D eigenvalue weighted by molar-refractivity contribution is 7.99. The number of rotatable bonds is 12. The van der Waals surface area contributed by atoms with Gasteiger partial charge in [0.1, 0.15) is 6.04 Å². The Kier molecular flexibility index (Phi) is 11.3. The fourth-order valence-electron chi connectivity index (χ4n) is 3.16. The van der Waals surface area contributed by atoms with Gasteiger partial charge < -0.3 is 10.2 Å². The van der Waals surface area contributed by atoms with E-state index in [1.807, 2.05) is 50.2 Å². The standard InChI is InChI=1S/C24H30Cl2N2O2S/c1-3-15-27-24(30)22(4-2)28(17-18-7-9-19(25)10-8-18)23(29)6-5-16-31-21-13-11-20(26)12-14-21/h7-14,22H,3-6,15-17H2,1-2H3,(H,27,30)/t22-/m1/s1. The molecular formula is C24H30Cl2N2O2S. The first-order valence-corrected chi connectivity index (χ1v) is 12.4. The molecule has 0 saturated heterocycles. The minimum atomic E-state index is -0.487. The molecule has 4 nitrogen and oxygen atoms in total. The van der Waals surface area contributed by atoms with E-state index < -0.39 is 6.04 Å². The number of carbonyl (C=O) groups is 2. The summed E-state index contributed by atoms with van der Waals surface area (Å²) in [4.78, 5) is 28.7. The van der Waals surface area contributed by atoms with Crippen molar-refractivity contribution in [3.8, 4) is 0 Å². The highest BCUT2D eigenvalue weighted by Crippen LogP contribution is 2.22. The summed E-state index contributed by atoms with van der Waals surface area (Å²) in [5, 5.41) is 4.30.